The lowest BCUT2D eigenvalue weighted by Gasteiger charge is -2.16. The minimum absolute atomic E-state index is 0.0765. The maximum absolute atomic E-state index is 11.9. The highest BCUT2D eigenvalue weighted by Crippen LogP contribution is 2.37. The maximum atomic E-state index is 11.9. The van der Waals surface area contributed by atoms with Crippen molar-refractivity contribution in [1.29, 1.82) is 0 Å². The number of likely N-dealkylation sites (tertiary alicyclic amines) is 1. The molecule has 1 saturated heterocycles. The predicted octanol–water partition coefficient (Wildman–Crippen LogP) is 2.33. The number of hydrogen-bond acceptors (Lipinski definition) is 3. The average molecular weight is 273 g/mol. The summed E-state index contributed by atoms with van der Waals surface area (Å²) in [6, 6.07) is 7.33. The van der Waals surface area contributed by atoms with Crippen LogP contribution in [0.25, 0.3) is 0 Å². The molecule has 4 nitrogen and oxygen atoms in total. The number of nitrogens with one attached hydrogen (secondary N) is 1. The van der Waals surface area contributed by atoms with Crippen LogP contribution >= 0.6 is 0 Å². The molecule has 1 aliphatic carbocycles. The highest BCUT2D eigenvalue weighted by molar-refractivity contribution is 5.91. The number of hydrogen-bond donors (Lipinski definition) is 2. The first-order valence-electron chi connectivity index (χ1n) is 7.58. The van der Waals surface area contributed by atoms with Gasteiger partial charge in [0.05, 0.1) is 0 Å². The monoisotopic (exact) mass is 273 g/mol. The Morgan fingerprint density at radius 3 is 2.75 bits per heavy atom. The normalized spacial score (nSPS) is 25.6. The van der Waals surface area contributed by atoms with Gasteiger partial charge >= 0.3 is 0 Å². The van der Waals surface area contributed by atoms with Gasteiger partial charge in [-0.05, 0) is 42.9 Å². The molecule has 3 N–H and O–H groups in total. The molecule has 3 rings (SSSR count). The zero-order chi connectivity index (χ0) is 13.9. The van der Waals surface area contributed by atoms with E-state index < -0.39 is 0 Å². The standard InChI is InChI=1S/C16H23N3O/c17-14-5-2-6-15(9-14)18-16(20)7-8-19-10-12-3-1-4-13(12)11-19/h2,5-6,9,12-13H,1,3-4,7-8,10-11,17H2,(H,18,20). The number of benzene rings is 1. The number of amides is 1. The quantitative estimate of drug-likeness (QED) is 0.828. The van der Waals surface area contributed by atoms with Crippen LogP contribution in [0.1, 0.15) is 25.7 Å². The fourth-order valence-corrected chi connectivity index (χ4v) is 3.61. The SMILES string of the molecule is Nc1cccc(NC(=O)CCN2CC3CCCC3C2)c1. The minimum Gasteiger partial charge on any atom is -0.399 e. The largest absolute Gasteiger partial charge is 0.399 e. The number of carbonyl (C=O) groups excluding carboxylic acids is 1. The van der Waals surface area contributed by atoms with Crippen LogP contribution < -0.4 is 11.1 Å². The van der Waals surface area contributed by atoms with Crippen molar-refractivity contribution in [2.45, 2.75) is 25.7 Å². The number of anilines is 2. The van der Waals surface area contributed by atoms with Gasteiger partial charge in [0.1, 0.15) is 0 Å². The van der Waals surface area contributed by atoms with Gasteiger partial charge in [0.2, 0.25) is 5.91 Å². The van der Waals surface area contributed by atoms with Crippen molar-refractivity contribution in [3.05, 3.63) is 24.3 Å². The van der Waals surface area contributed by atoms with E-state index >= 15 is 0 Å². The molecule has 2 fully saturated rings. The highest BCUT2D eigenvalue weighted by atomic mass is 16.1. The molecule has 1 saturated carbocycles. The molecule has 0 radical (unpaired) electrons. The zero-order valence-corrected chi connectivity index (χ0v) is 11.8. The molecule has 2 atom stereocenters. The zero-order valence-electron chi connectivity index (χ0n) is 11.8. The smallest absolute Gasteiger partial charge is 0.225 e. The molecular weight excluding hydrogens is 250 g/mol. The summed E-state index contributed by atoms with van der Waals surface area (Å²) in [6.45, 7) is 3.26. The Hall–Kier alpha value is -1.55. The van der Waals surface area contributed by atoms with Crippen molar-refractivity contribution in [1.82, 2.24) is 4.90 Å². The summed E-state index contributed by atoms with van der Waals surface area (Å²) in [5.41, 5.74) is 7.16. The van der Waals surface area contributed by atoms with Crippen molar-refractivity contribution in [2.75, 3.05) is 30.7 Å². The Bertz CT molecular complexity index is 476. The lowest BCUT2D eigenvalue weighted by molar-refractivity contribution is -0.116. The topological polar surface area (TPSA) is 58.4 Å². The van der Waals surface area contributed by atoms with Crippen LogP contribution in [0.5, 0.6) is 0 Å². The van der Waals surface area contributed by atoms with E-state index in [0.29, 0.717) is 12.1 Å². The van der Waals surface area contributed by atoms with Gasteiger partial charge in [-0.15, -0.1) is 0 Å². The van der Waals surface area contributed by atoms with E-state index in [9.17, 15) is 4.79 Å². The van der Waals surface area contributed by atoms with E-state index in [1.807, 2.05) is 18.2 Å². The fourth-order valence-electron chi connectivity index (χ4n) is 3.61. The highest BCUT2D eigenvalue weighted by Gasteiger charge is 2.35. The van der Waals surface area contributed by atoms with E-state index in [1.54, 1.807) is 6.07 Å². The summed E-state index contributed by atoms with van der Waals surface area (Å²) < 4.78 is 0. The first-order chi connectivity index (χ1) is 9.70. The maximum Gasteiger partial charge on any atom is 0.225 e. The number of nitrogen functional groups attached to an aromatic ring is 1. The molecule has 0 bridgehead atoms. The third-order valence-electron chi connectivity index (χ3n) is 4.63. The molecule has 1 aromatic carbocycles. The van der Waals surface area contributed by atoms with Crippen LogP contribution in [0.15, 0.2) is 24.3 Å². The van der Waals surface area contributed by atoms with Gasteiger partial charge in [-0.3, -0.25) is 4.79 Å². The average Bonchev–Trinajstić information content (AvgIpc) is 2.97. The molecule has 20 heavy (non-hydrogen) atoms. The summed E-state index contributed by atoms with van der Waals surface area (Å²) in [7, 11) is 0. The molecule has 2 unspecified atom stereocenters. The van der Waals surface area contributed by atoms with Gasteiger partial charge in [0.25, 0.3) is 0 Å². The molecule has 1 amide bonds. The molecule has 108 valence electrons. The second kappa shape index (κ2) is 5.83. The summed E-state index contributed by atoms with van der Waals surface area (Å²) in [4.78, 5) is 14.4. The number of nitrogens with two attached hydrogens (primary N) is 1. The van der Waals surface area contributed by atoms with E-state index in [1.165, 1.54) is 32.4 Å². The Kier molecular flexibility index (Phi) is 3.92. The number of carbonyl (C=O) groups is 1. The van der Waals surface area contributed by atoms with Crippen LogP contribution in [0.2, 0.25) is 0 Å². The molecule has 2 aliphatic rings. The second-order valence-electron chi connectivity index (χ2n) is 6.13. The van der Waals surface area contributed by atoms with Gasteiger partial charge in [0.15, 0.2) is 0 Å². The summed E-state index contributed by atoms with van der Waals surface area (Å²) in [6.07, 6.45) is 4.74. The first-order valence-corrected chi connectivity index (χ1v) is 7.58. The Labute approximate surface area is 120 Å². The van der Waals surface area contributed by atoms with Gasteiger partial charge in [-0.25, -0.2) is 0 Å². The van der Waals surface area contributed by atoms with Crippen molar-refractivity contribution in [3.63, 3.8) is 0 Å². The molecule has 1 aliphatic heterocycles. The van der Waals surface area contributed by atoms with Crippen LogP contribution in [-0.4, -0.2) is 30.4 Å². The Balaban J connectivity index is 1.43. The number of fused-ring (bicyclic) bond motifs is 1. The second-order valence-corrected chi connectivity index (χ2v) is 6.13. The van der Waals surface area contributed by atoms with Crippen LogP contribution in [0.3, 0.4) is 0 Å². The Morgan fingerprint density at radius 1 is 1.30 bits per heavy atom. The predicted molar refractivity (Wildman–Crippen MR) is 81.4 cm³/mol. The summed E-state index contributed by atoms with van der Waals surface area (Å²) >= 11 is 0. The van der Waals surface area contributed by atoms with E-state index in [2.05, 4.69) is 10.2 Å². The molecule has 4 heteroatoms. The van der Waals surface area contributed by atoms with Crippen LogP contribution in [-0.2, 0) is 4.79 Å². The van der Waals surface area contributed by atoms with Crippen LogP contribution in [0.4, 0.5) is 11.4 Å². The van der Waals surface area contributed by atoms with Gasteiger partial charge in [0, 0.05) is 37.4 Å². The Morgan fingerprint density at radius 2 is 2.05 bits per heavy atom. The first kappa shape index (κ1) is 13.4. The summed E-state index contributed by atoms with van der Waals surface area (Å²) in [5, 5.41) is 2.91. The molecule has 1 heterocycles. The molecule has 0 spiro atoms. The van der Waals surface area contributed by atoms with Crippen molar-refractivity contribution >= 4 is 17.3 Å². The molecule has 1 aromatic rings. The third-order valence-corrected chi connectivity index (χ3v) is 4.63. The van der Waals surface area contributed by atoms with Crippen molar-refractivity contribution in [2.24, 2.45) is 11.8 Å². The van der Waals surface area contributed by atoms with E-state index in [0.717, 1.165) is 24.1 Å². The van der Waals surface area contributed by atoms with Gasteiger partial charge in [-0.2, -0.15) is 0 Å². The molecular formula is C16H23N3O. The molecule has 0 aromatic heterocycles. The van der Waals surface area contributed by atoms with E-state index in [-0.39, 0.29) is 5.91 Å². The lowest BCUT2D eigenvalue weighted by atomic mass is 10.0. The van der Waals surface area contributed by atoms with Crippen LogP contribution in [0, 0.1) is 11.8 Å². The van der Waals surface area contributed by atoms with Crippen molar-refractivity contribution in [3.8, 4) is 0 Å². The minimum atomic E-state index is 0.0765. The van der Waals surface area contributed by atoms with E-state index in [4.69, 9.17) is 5.73 Å². The number of nitrogens with zero attached hydrogens (tertiary/aromatic N) is 1. The fraction of sp³-hybridized carbons (Fsp3) is 0.562. The van der Waals surface area contributed by atoms with Crippen molar-refractivity contribution < 1.29 is 4.79 Å². The van der Waals surface area contributed by atoms with Gasteiger partial charge < -0.3 is 16.0 Å². The number of rotatable bonds is 4. The third kappa shape index (κ3) is 3.12. The lowest BCUT2D eigenvalue weighted by Crippen LogP contribution is -2.26. The van der Waals surface area contributed by atoms with Gasteiger partial charge in [-0.1, -0.05) is 12.5 Å². The summed E-state index contributed by atoms with van der Waals surface area (Å²) in [5.74, 6) is 1.87.